The van der Waals surface area contributed by atoms with E-state index in [1.807, 2.05) is 0 Å². The van der Waals surface area contributed by atoms with E-state index in [1.54, 1.807) is 0 Å². The van der Waals surface area contributed by atoms with Crippen molar-refractivity contribution in [2.45, 2.75) is 97.8 Å². The van der Waals surface area contributed by atoms with Gasteiger partial charge in [0.2, 0.25) is 0 Å². The van der Waals surface area contributed by atoms with Gasteiger partial charge < -0.3 is 14.7 Å². The van der Waals surface area contributed by atoms with Gasteiger partial charge in [0.25, 0.3) is 0 Å². The summed E-state index contributed by atoms with van der Waals surface area (Å²) in [5.41, 5.74) is 50.5. The number of aryl methyl sites for hydroxylation is 3. The number of hydrogen-bond donors (Lipinski definition) is 0. The fourth-order valence-corrected chi connectivity index (χ4v) is 24.0. The van der Waals surface area contributed by atoms with Crippen molar-refractivity contribution in [3.05, 3.63) is 547 Å². The largest absolute Gasteiger partial charge is 0.310 e. The summed E-state index contributed by atoms with van der Waals surface area (Å²) in [5, 5.41) is 7.62. The zero-order valence-corrected chi connectivity index (χ0v) is 83.5. The average molecular weight is 1850 g/mol. The smallest absolute Gasteiger partial charge is 0.0491 e. The summed E-state index contributed by atoms with van der Waals surface area (Å²) >= 11 is 0. The molecule has 3 heteroatoms. The minimum atomic E-state index is -0.0867. The number of hydrogen-bond acceptors (Lipinski definition) is 3. The standard InChI is InChI=1S/C50H39N.C47H39N.C44H35N/c1-34-32-40(44-18-11-15-39-14-7-8-16-43(39)44)26-31-49(34)51(42-29-30-46-45-17-9-10-19-47(45)50(2,3)48(46)33-42)41-27-24-38(25-28-41)37-22-20-36(21-23-37)35-12-5-4-6-13-35;1-30-27-32(36-18-12-14-31-13-6-7-15-35(31)36)21-26-45(30)48(33-22-24-39-37-16-8-10-19-41(37)46(2,3)43(39)28-33)34-23-25-40-38-17-9-11-20-42(38)47(4,5)44(40)29-34;1-30-28-34(38-18-11-15-33-14-7-8-16-37(33)38)22-27-43(30)45(35-23-20-32(21-24-35)31-12-5-4-6-13-31)36-25-26-40-39-17-9-10-19-41(39)44(2,3)42(40)29-36/h4-33H,1-3H3;6-29H,1-5H3;4-29H,1-3H3. The first-order valence-electron chi connectivity index (χ1n) is 50.7. The van der Waals surface area contributed by atoms with Crippen LogP contribution in [-0.2, 0) is 21.7 Å². The van der Waals surface area contributed by atoms with Crippen LogP contribution in [0.2, 0.25) is 0 Å². The molecule has 0 saturated carbocycles. The van der Waals surface area contributed by atoms with Crippen LogP contribution in [0, 0.1) is 20.8 Å². The molecule has 26 rings (SSSR count). The van der Waals surface area contributed by atoms with Crippen LogP contribution < -0.4 is 14.7 Å². The molecule has 692 valence electrons. The van der Waals surface area contributed by atoms with Gasteiger partial charge in [-0.2, -0.15) is 0 Å². The van der Waals surface area contributed by atoms with Gasteiger partial charge in [0.15, 0.2) is 0 Å². The minimum absolute atomic E-state index is 0.0714. The Hall–Kier alpha value is -17.0. The molecule has 22 aromatic rings. The molecule has 22 aromatic carbocycles. The number of fused-ring (bicyclic) bond motifs is 15. The second-order valence-corrected chi connectivity index (χ2v) is 41.6. The van der Waals surface area contributed by atoms with E-state index >= 15 is 0 Å². The third kappa shape index (κ3) is 15.6. The van der Waals surface area contributed by atoms with E-state index in [0.29, 0.717) is 0 Å². The number of rotatable bonds is 15. The van der Waals surface area contributed by atoms with E-state index in [9.17, 15) is 0 Å². The first kappa shape index (κ1) is 89.6. The van der Waals surface area contributed by atoms with Gasteiger partial charge in [-0.15, -0.1) is 0 Å². The molecule has 3 nitrogen and oxygen atoms in total. The topological polar surface area (TPSA) is 9.72 Å². The lowest BCUT2D eigenvalue weighted by Crippen LogP contribution is -2.18. The normalized spacial score (nSPS) is 13.5. The molecule has 0 aliphatic heterocycles. The molecule has 0 bridgehead atoms. The van der Waals surface area contributed by atoms with Crippen molar-refractivity contribution >= 4 is 83.5 Å². The van der Waals surface area contributed by atoms with Crippen molar-refractivity contribution in [1.29, 1.82) is 0 Å². The molecule has 0 unspecified atom stereocenters. The summed E-state index contributed by atoms with van der Waals surface area (Å²) in [6, 6.07) is 179. The average Bonchev–Trinajstić information content (AvgIpc) is 1.58. The third-order valence-electron chi connectivity index (χ3n) is 31.6. The van der Waals surface area contributed by atoms with Gasteiger partial charge in [0.05, 0.1) is 0 Å². The summed E-state index contributed by atoms with van der Waals surface area (Å²) in [6.07, 6.45) is 0. The molecule has 4 aliphatic rings. The quantitative estimate of drug-likeness (QED) is 0.101. The Morgan fingerprint density at radius 2 is 0.333 bits per heavy atom. The van der Waals surface area contributed by atoms with Crippen molar-refractivity contribution in [3.63, 3.8) is 0 Å². The van der Waals surface area contributed by atoms with E-state index in [2.05, 4.69) is 576 Å². The zero-order valence-electron chi connectivity index (χ0n) is 83.5. The lowest BCUT2D eigenvalue weighted by molar-refractivity contribution is 0.660. The predicted molar refractivity (Wildman–Crippen MR) is 613 cm³/mol. The molecule has 0 saturated heterocycles. The maximum atomic E-state index is 2.49. The molecule has 0 aromatic heterocycles. The van der Waals surface area contributed by atoms with Crippen molar-refractivity contribution in [2.24, 2.45) is 0 Å². The first-order valence-corrected chi connectivity index (χ1v) is 50.7. The summed E-state index contributed by atoms with van der Waals surface area (Å²) < 4.78 is 0. The fourth-order valence-electron chi connectivity index (χ4n) is 24.0. The second kappa shape index (κ2) is 36.0. The van der Waals surface area contributed by atoms with Gasteiger partial charge in [-0.3, -0.25) is 0 Å². The molecular weight excluding hydrogens is 1740 g/mol. The van der Waals surface area contributed by atoms with Gasteiger partial charge in [-0.25, -0.2) is 0 Å². The highest BCUT2D eigenvalue weighted by Gasteiger charge is 2.41. The SMILES string of the molecule is Cc1cc(-c2cccc3ccccc23)ccc1N(c1ccc(-c2ccc(-c3ccccc3)cc2)cc1)c1ccc2c(c1)C(C)(C)c1ccccc1-2.Cc1cc(-c2cccc3ccccc23)ccc1N(c1ccc(-c2ccccc2)cc1)c1ccc2c(c1)C(C)(C)c1ccccc1-2.Cc1cc(-c2cccc3ccccc23)ccc1N(c1ccc2c(c1)C(C)(C)c1ccccc1-2)c1ccc2c(c1)C(C)(C)c1ccccc1-2. The Morgan fingerprint density at radius 1 is 0.139 bits per heavy atom. The number of nitrogens with zero attached hydrogens (tertiary/aromatic N) is 3. The molecule has 0 amide bonds. The fraction of sp³-hybridized carbons (Fsp3) is 0.106. The molecule has 0 spiro atoms. The summed E-state index contributed by atoms with van der Waals surface area (Å²) in [6.45, 7) is 25.6. The Balaban J connectivity index is 0.000000116. The lowest BCUT2D eigenvalue weighted by Gasteiger charge is -2.31. The molecule has 0 heterocycles. The Bertz CT molecular complexity index is 8650. The van der Waals surface area contributed by atoms with Gasteiger partial charge in [0.1, 0.15) is 0 Å². The van der Waals surface area contributed by atoms with Crippen LogP contribution in [-0.4, -0.2) is 0 Å². The highest BCUT2D eigenvalue weighted by atomic mass is 15.2. The molecule has 0 N–H and O–H groups in total. The molecule has 144 heavy (non-hydrogen) atoms. The highest BCUT2D eigenvalue weighted by Crippen LogP contribution is 2.58. The van der Waals surface area contributed by atoms with E-state index < -0.39 is 0 Å². The second-order valence-electron chi connectivity index (χ2n) is 41.6. The van der Waals surface area contributed by atoms with Crippen LogP contribution in [0.4, 0.5) is 51.2 Å². The monoisotopic (exact) mass is 1850 g/mol. The van der Waals surface area contributed by atoms with Crippen molar-refractivity contribution in [2.75, 3.05) is 14.7 Å². The molecule has 4 aliphatic carbocycles. The zero-order chi connectivity index (χ0) is 97.9. The Labute approximate surface area is 847 Å². The Morgan fingerprint density at radius 3 is 0.604 bits per heavy atom. The van der Waals surface area contributed by atoms with Gasteiger partial charge in [-0.1, -0.05) is 432 Å². The minimum Gasteiger partial charge on any atom is -0.310 e. The van der Waals surface area contributed by atoms with Crippen molar-refractivity contribution < 1.29 is 0 Å². The van der Waals surface area contributed by atoms with Crippen LogP contribution in [0.5, 0.6) is 0 Å². The van der Waals surface area contributed by atoms with Crippen LogP contribution in [0.3, 0.4) is 0 Å². The van der Waals surface area contributed by atoms with Crippen LogP contribution in [0.15, 0.2) is 485 Å². The number of anilines is 9. The van der Waals surface area contributed by atoms with Crippen molar-refractivity contribution in [3.8, 4) is 111 Å². The van der Waals surface area contributed by atoms with Gasteiger partial charge >= 0.3 is 0 Å². The highest BCUT2D eigenvalue weighted by molar-refractivity contribution is 6.02. The van der Waals surface area contributed by atoms with Crippen LogP contribution in [0.25, 0.3) is 144 Å². The number of benzene rings is 22. The predicted octanol–water partition coefficient (Wildman–Crippen LogP) is 39.1. The van der Waals surface area contributed by atoms with Crippen LogP contribution >= 0.6 is 0 Å². The first-order chi connectivity index (χ1) is 70.2. The van der Waals surface area contributed by atoms with E-state index in [4.69, 9.17) is 0 Å². The maximum Gasteiger partial charge on any atom is 0.0491 e. The lowest BCUT2D eigenvalue weighted by atomic mass is 9.82. The molecule has 0 fully saturated rings. The van der Waals surface area contributed by atoms with Gasteiger partial charge in [-0.05, 0) is 335 Å². The maximum absolute atomic E-state index is 2.49. The van der Waals surface area contributed by atoms with Crippen LogP contribution in [0.1, 0.15) is 117 Å². The van der Waals surface area contributed by atoms with E-state index in [0.717, 1.165) is 17.1 Å². The third-order valence-corrected chi connectivity index (χ3v) is 31.6. The van der Waals surface area contributed by atoms with Gasteiger partial charge in [0, 0.05) is 72.8 Å². The van der Waals surface area contributed by atoms with E-state index in [1.165, 1.54) is 239 Å². The molecular formula is C141H113N3. The summed E-state index contributed by atoms with van der Waals surface area (Å²) in [5.74, 6) is 0. The summed E-state index contributed by atoms with van der Waals surface area (Å²) in [7, 11) is 0. The van der Waals surface area contributed by atoms with Crippen molar-refractivity contribution in [1.82, 2.24) is 0 Å². The molecule has 0 radical (unpaired) electrons. The molecule has 0 atom stereocenters. The van der Waals surface area contributed by atoms with E-state index in [-0.39, 0.29) is 21.7 Å². The Kier molecular flexibility index (Phi) is 22.4. The summed E-state index contributed by atoms with van der Waals surface area (Å²) in [4.78, 5) is 7.35.